The number of aromatic nitrogens is 1. The van der Waals surface area contributed by atoms with Crippen LogP contribution in [0, 0.1) is 5.82 Å². The van der Waals surface area contributed by atoms with Crippen LogP contribution in [0.2, 0.25) is 0 Å². The van der Waals surface area contributed by atoms with Crippen molar-refractivity contribution in [3.63, 3.8) is 0 Å². The number of carbonyl (C=O) groups excluding carboxylic acids is 2. The molecule has 0 aliphatic heterocycles. The van der Waals surface area contributed by atoms with Crippen LogP contribution in [0.1, 0.15) is 20.0 Å². The van der Waals surface area contributed by atoms with Gasteiger partial charge in [-0.15, -0.1) is 0 Å². The molecule has 8 heteroatoms. The summed E-state index contributed by atoms with van der Waals surface area (Å²) in [5, 5.41) is 2.68. The molecular formula is C11H7BrFN3O2S. The summed E-state index contributed by atoms with van der Waals surface area (Å²) in [6, 6.07) is 3.76. The summed E-state index contributed by atoms with van der Waals surface area (Å²) in [5.74, 6) is -1.67. The Morgan fingerprint density at radius 1 is 1.42 bits per heavy atom. The second-order valence-corrected chi connectivity index (χ2v) is 5.36. The zero-order valence-corrected chi connectivity index (χ0v) is 11.7. The van der Waals surface area contributed by atoms with E-state index in [9.17, 15) is 14.0 Å². The summed E-state index contributed by atoms with van der Waals surface area (Å²) in [6.45, 7) is 0. The number of carbonyl (C=O) groups is 2. The average Bonchev–Trinajstić information content (AvgIpc) is 2.80. The third-order valence-electron chi connectivity index (χ3n) is 2.14. The summed E-state index contributed by atoms with van der Waals surface area (Å²) < 4.78 is 13.5. The van der Waals surface area contributed by atoms with Crippen molar-refractivity contribution in [2.75, 3.05) is 5.32 Å². The predicted molar refractivity (Wildman–Crippen MR) is 72.7 cm³/mol. The number of thiazole rings is 1. The van der Waals surface area contributed by atoms with Crippen LogP contribution in [-0.2, 0) is 0 Å². The first-order valence-corrected chi connectivity index (χ1v) is 6.60. The van der Waals surface area contributed by atoms with Gasteiger partial charge in [-0.1, -0.05) is 11.3 Å². The Hall–Kier alpha value is -1.80. The second-order valence-electron chi connectivity index (χ2n) is 3.47. The lowest BCUT2D eigenvalue weighted by Gasteiger charge is -2.04. The Morgan fingerprint density at radius 3 is 2.79 bits per heavy atom. The number of anilines is 1. The molecule has 0 unspecified atom stereocenters. The molecule has 1 heterocycles. The van der Waals surface area contributed by atoms with E-state index in [4.69, 9.17) is 5.73 Å². The molecule has 0 spiro atoms. The molecule has 2 rings (SSSR count). The Morgan fingerprint density at radius 2 is 2.16 bits per heavy atom. The summed E-state index contributed by atoms with van der Waals surface area (Å²) >= 11 is 4.10. The normalized spacial score (nSPS) is 10.2. The van der Waals surface area contributed by atoms with Gasteiger partial charge in [0.2, 0.25) is 0 Å². The molecule has 0 radical (unpaired) electrons. The smallest absolute Gasteiger partial charge is 0.260 e. The largest absolute Gasteiger partial charge is 0.365 e. The van der Waals surface area contributed by atoms with Crippen molar-refractivity contribution < 1.29 is 14.0 Å². The Labute approximate surface area is 119 Å². The molecule has 1 aromatic heterocycles. The highest BCUT2D eigenvalue weighted by atomic mass is 79.9. The van der Waals surface area contributed by atoms with Gasteiger partial charge < -0.3 is 5.73 Å². The number of amides is 2. The first-order valence-electron chi connectivity index (χ1n) is 4.99. The van der Waals surface area contributed by atoms with E-state index in [2.05, 4.69) is 26.2 Å². The van der Waals surface area contributed by atoms with E-state index in [1.165, 1.54) is 18.3 Å². The molecule has 0 aliphatic rings. The Balaban J connectivity index is 2.20. The first kappa shape index (κ1) is 13.6. The van der Waals surface area contributed by atoms with Gasteiger partial charge in [-0.3, -0.25) is 14.9 Å². The van der Waals surface area contributed by atoms with E-state index in [-0.39, 0.29) is 15.6 Å². The number of primary amides is 1. The highest BCUT2D eigenvalue weighted by Gasteiger charge is 2.14. The maximum Gasteiger partial charge on any atom is 0.260 e. The highest BCUT2D eigenvalue weighted by molar-refractivity contribution is 9.10. The van der Waals surface area contributed by atoms with Crippen molar-refractivity contribution in [2.24, 2.45) is 5.73 Å². The van der Waals surface area contributed by atoms with Gasteiger partial charge in [0.05, 0.1) is 11.8 Å². The molecule has 2 amide bonds. The zero-order valence-electron chi connectivity index (χ0n) is 9.31. The van der Waals surface area contributed by atoms with Crippen LogP contribution in [-0.4, -0.2) is 16.8 Å². The summed E-state index contributed by atoms with van der Waals surface area (Å²) in [7, 11) is 0. The van der Waals surface area contributed by atoms with Gasteiger partial charge in [0.25, 0.3) is 11.8 Å². The van der Waals surface area contributed by atoms with E-state index in [0.717, 1.165) is 17.4 Å². The van der Waals surface area contributed by atoms with E-state index in [1.54, 1.807) is 0 Å². The fourth-order valence-corrected chi connectivity index (χ4v) is 2.37. The quantitative estimate of drug-likeness (QED) is 0.897. The number of nitrogens with zero attached hydrogens (tertiary/aromatic N) is 1. The van der Waals surface area contributed by atoms with Crippen LogP contribution >= 0.6 is 27.3 Å². The van der Waals surface area contributed by atoms with Crippen molar-refractivity contribution in [1.29, 1.82) is 0 Å². The average molecular weight is 344 g/mol. The van der Waals surface area contributed by atoms with Crippen LogP contribution in [0.25, 0.3) is 0 Å². The maximum absolute atomic E-state index is 13.1. The lowest BCUT2D eigenvalue weighted by molar-refractivity contribution is 0.100. The van der Waals surface area contributed by atoms with Crippen molar-refractivity contribution in [1.82, 2.24) is 4.98 Å². The number of halogens is 2. The molecule has 5 nitrogen and oxygen atoms in total. The van der Waals surface area contributed by atoms with Gasteiger partial charge in [0, 0.05) is 4.47 Å². The van der Waals surface area contributed by atoms with E-state index in [1.807, 2.05) is 0 Å². The summed E-state index contributed by atoms with van der Waals surface area (Å²) in [4.78, 5) is 26.9. The van der Waals surface area contributed by atoms with Gasteiger partial charge in [0.1, 0.15) is 10.7 Å². The van der Waals surface area contributed by atoms with E-state index < -0.39 is 17.6 Å². The maximum atomic E-state index is 13.1. The van der Waals surface area contributed by atoms with Gasteiger partial charge >= 0.3 is 0 Å². The molecule has 0 atom stereocenters. The number of nitrogens with one attached hydrogen (secondary N) is 1. The van der Waals surface area contributed by atoms with Crippen molar-refractivity contribution in [3.05, 3.63) is 45.1 Å². The molecule has 19 heavy (non-hydrogen) atoms. The molecule has 98 valence electrons. The van der Waals surface area contributed by atoms with Crippen LogP contribution in [0.15, 0.2) is 28.9 Å². The van der Waals surface area contributed by atoms with Crippen LogP contribution in [0.4, 0.5) is 9.52 Å². The first-order chi connectivity index (χ1) is 8.97. The van der Waals surface area contributed by atoms with Gasteiger partial charge in [0.15, 0.2) is 5.13 Å². The molecule has 0 saturated carbocycles. The topological polar surface area (TPSA) is 85.1 Å². The molecule has 3 N–H and O–H groups in total. The third kappa shape index (κ3) is 3.15. The molecule has 0 fully saturated rings. The minimum atomic E-state index is -0.620. The molecule has 2 aromatic rings. The highest BCUT2D eigenvalue weighted by Crippen LogP contribution is 2.22. The minimum absolute atomic E-state index is 0.135. The van der Waals surface area contributed by atoms with E-state index in [0.29, 0.717) is 4.47 Å². The van der Waals surface area contributed by atoms with Crippen LogP contribution < -0.4 is 11.1 Å². The molecule has 0 bridgehead atoms. The zero-order chi connectivity index (χ0) is 14.0. The fourth-order valence-electron chi connectivity index (χ4n) is 1.28. The monoisotopic (exact) mass is 343 g/mol. The van der Waals surface area contributed by atoms with Crippen molar-refractivity contribution >= 4 is 44.2 Å². The number of rotatable bonds is 3. The lowest BCUT2D eigenvalue weighted by atomic mass is 10.2. The van der Waals surface area contributed by atoms with Gasteiger partial charge in [-0.2, -0.15) is 0 Å². The van der Waals surface area contributed by atoms with Crippen molar-refractivity contribution in [3.8, 4) is 0 Å². The summed E-state index contributed by atoms with van der Waals surface area (Å²) in [6.07, 6.45) is 1.27. The standard InChI is InChI=1S/C11H7BrFN3O2S/c12-7-2-1-5(13)3-6(7)10(18)16-11-15-4-8(19-11)9(14)17/h1-4H,(H2,14,17)(H,15,16,18). The van der Waals surface area contributed by atoms with Crippen LogP contribution in [0.3, 0.4) is 0 Å². The van der Waals surface area contributed by atoms with E-state index >= 15 is 0 Å². The number of benzene rings is 1. The Bertz CT molecular complexity index is 659. The lowest BCUT2D eigenvalue weighted by Crippen LogP contribution is -2.12. The third-order valence-corrected chi connectivity index (χ3v) is 3.76. The number of hydrogen-bond donors (Lipinski definition) is 2. The summed E-state index contributed by atoms with van der Waals surface area (Å²) in [5.41, 5.74) is 5.21. The second kappa shape index (κ2) is 5.45. The molecular weight excluding hydrogens is 337 g/mol. The SMILES string of the molecule is NC(=O)c1cnc(NC(=O)c2cc(F)ccc2Br)s1. The van der Waals surface area contributed by atoms with Crippen molar-refractivity contribution in [2.45, 2.75) is 0 Å². The Kier molecular flexibility index (Phi) is 3.91. The predicted octanol–water partition coefficient (Wildman–Crippen LogP) is 2.40. The van der Waals surface area contributed by atoms with Gasteiger partial charge in [-0.25, -0.2) is 9.37 Å². The number of hydrogen-bond acceptors (Lipinski definition) is 4. The minimum Gasteiger partial charge on any atom is -0.365 e. The fraction of sp³-hybridized carbons (Fsp3) is 0. The molecule has 0 aliphatic carbocycles. The number of nitrogens with two attached hydrogens (primary N) is 1. The molecule has 1 aromatic carbocycles. The van der Waals surface area contributed by atoms with Gasteiger partial charge in [-0.05, 0) is 34.1 Å². The molecule has 0 saturated heterocycles. The van der Waals surface area contributed by atoms with Crippen LogP contribution in [0.5, 0.6) is 0 Å².